The minimum atomic E-state index is 0.0717. The van der Waals surface area contributed by atoms with Gasteiger partial charge in [0, 0.05) is 18.2 Å². The van der Waals surface area contributed by atoms with E-state index < -0.39 is 0 Å². The molecule has 4 heteroatoms. The van der Waals surface area contributed by atoms with Crippen LogP contribution in [0.3, 0.4) is 0 Å². The molecule has 1 aromatic carbocycles. The minimum absolute atomic E-state index is 0.0717. The first-order chi connectivity index (χ1) is 10.4. The Kier molecular flexibility index (Phi) is 6.31. The van der Waals surface area contributed by atoms with Crippen molar-refractivity contribution in [2.75, 3.05) is 26.9 Å². The molecule has 1 N–H and O–H groups in total. The molecule has 1 aromatic heterocycles. The zero-order valence-electron chi connectivity index (χ0n) is 12.7. The molecule has 0 fully saturated rings. The van der Waals surface area contributed by atoms with Gasteiger partial charge in [0.1, 0.15) is 12.4 Å². The van der Waals surface area contributed by atoms with Crippen LogP contribution < -0.4 is 10.1 Å². The van der Waals surface area contributed by atoms with Crippen molar-refractivity contribution >= 4 is 0 Å². The molecule has 2 aromatic rings. The van der Waals surface area contributed by atoms with Crippen LogP contribution in [0.2, 0.25) is 0 Å². The Labute approximate surface area is 126 Å². The van der Waals surface area contributed by atoms with Crippen molar-refractivity contribution in [2.45, 2.75) is 19.4 Å². The summed E-state index contributed by atoms with van der Waals surface area (Å²) in [5, 5.41) is 3.55. The Hall–Kier alpha value is -1.78. The SMILES string of the molecule is CCCNC(c1ccoc1)c1ccccc1OCCOC. The average molecular weight is 289 g/mol. The van der Waals surface area contributed by atoms with E-state index in [4.69, 9.17) is 13.9 Å². The highest BCUT2D eigenvalue weighted by Gasteiger charge is 2.18. The molecule has 4 nitrogen and oxygen atoms in total. The number of methoxy groups -OCH3 is 1. The molecular weight excluding hydrogens is 266 g/mol. The average Bonchev–Trinajstić information content (AvgIpc) is 3.03. The molecule has 0 saturated heterocycles. The fourth-order valence-electron chi connectivity index (χ4n) is 2.22. The molecule has 21 heavy (non-hydrogen) atoms. The topological polar surface area (TPSA) is 43.6 Å². The standard InChI is InChI=1S/C17H23NO3/c1-3-9-18-17(14-8-10-20-13-14)15-6-4-5-7-16(15)21-12-11-19-2/h4-8,10,13,17-18H,3,9,11-12H2,1-2H3. The first kappa shape index (κ1) is 15.6. The first-order valence-electron chi connectivity index (χ1n) is 7.33. The molecule has 0 amide bonds. The summed E-state index contributed by atoms with van der Waals surface area (Å²) in [5.41, 5.74) is 2.22. The van der Waals surface area contributed by atoms with Crippen molar-refractivity contribution in [1.82, 2.24) is 5.32 Å². The number of furan rings is 1. The van der Waals surface area contributed by atoms with Crippen LogP contribution in [0.25, 0.3) is 0 Å². The Morgan fingerprint density at radius 2 is 2.05 bits per heavy atom. The van der Waals surface area contributed by atoms with Crippen LogP contribution >= 0.6 is 0 Å². The van der Waals surface area contributed by atoms with Gasteiger partial charge in [0.25, 0.3) is 0 Å². The van der Waals surface area contributed by atoms with Gasteiger partial charge in [-0.2, -0.15) is 0 Å². The summed E-state index contributed by atoms with van der Waals surface area (Å²) in [4.78, 5) is 0. The highest BCUT2D eigenvalue weighted by atomic mass is 16.5. The fourth-order valence-corrected chi connectivity index (χ4v) is 2.22. The van der Waals surface area contributed by atoms with E-state index in [2.05, 4.69) is 18.3 Å². The summed E-state index contributed by atoms with van der Waals surface area (Å²) in [7, 11) is 1.67. The van der Waals surface area contributed by atoms with E-state index in [1.165, 1.54) is 0 Å². The smallest absolute Gasteiger partial charge is 0.124 e. The lowest BCUT2D eigenvalue weighted by Gasteiger charge is -2.21. The maximum absolute atomic E-state index is 5.84. The van der Waals surface area contributed by atoms with E-state index in [0.717, 1.165) is 29.8 Å². The monoisotopic (exact) mass is 289 g/mol. The van der Waals surface area contributed by atoms with Crippen molar-refractivity contribution < 1.29 is 13.9 Å². The van der Waals surface area contributed by atoms with E-state index in [1.807, 2.05) is 24.3 Å². The lowest BCUT2D eigenvalue weighted by atomic mass is 10.00. The summed E-state index contributed by atoms with van der Waals surface area (Å²) in [6.45, 7) is 4.20. The lowest BCUT2D eigenvalue weighted by molar-refractivity contribution is 0.145. The van der Waals surface area contributed by atoms with E-state index in [0.29, 0.717) is 13.2 Å². The second kappa shape index (κ2) is 8.49. The molecule has 0 aliphatic rings. The number of ether oxygens (including phenoxy) is 2. The van der Waals surface area contributed by atoms with Crippen LogP contribution in [0, 0.1) is 0 Å². The number of rotatable bonds is 9. The minimum Gasteiger partial charge on any atom is -0.491 e. The third-order valence-electron chi connectivity index (χ3n) is 3.25. The molecule has 1 atom stereocenters. The molecule has 114 valence electrons. The summed E-state index contributed by atoms with van der Waals surface area (Å²) < 4.78 is 16.1. The summed E-state index contributed by atoms with van der Waals surface area (Å²) in [6.07, 6.45) is 4.55. The van der Waals surface area contributed by atoms with Gasteiger partial charge in [0.15, 0.2) is 0 Å². The van der Waals surface area contributed by atoms with Gasteiger partial charge in [0.05, 0.1) is 25.2 Å². The molecule has 0 aliphatic carbocycles. The third-order valence-corrected chi connectivity index (χ3v) is 3.25. The maximum atomic E-state index is 5.84. The maximum Gasteiger partial charge on any atom is 0.124 e. The van der Waals surface area contributed by atoms with Crippen LogP contribution in [-0.2, 0) is 4.74 Å². The van der Waals surface area contributed by atoms with Gasteiger partial charge in [-0.05, 0) is 25.1 Å². The molecule has 0 aliphatic heterocycles. The second-order valence-corrected chi connectivity index (χ2v) is 4.82. The van der Waals surface area contributed by atoms with Crippen LogP contribution in [0.15, 0.2) is 47.3 Å². The van der Waals surface area contributed by atoms with Gasteiger partial charge >= 0.3 is 0 Å². The van der Waals surface area contributed by atoms with E-state index in [-0.39, 0.29) is 6.04 Å². The van der Waals surface area contributed by atoms with Crippen molar-refractivity contribution in [3.8, 4) is 5.75 Å². The zero-order chi connectivity index (χ0) is 14.9. The number of hydrogen-bond acceptors (Lipinski definition) is 4. The lowest BCUT2D eigenvalue weighted by Crippen LogP contribution is -2.23. The highest BCUT2D eigenvalue weighted by Crippen LogP contribution is 2.30. The molecule has 1 unspecified atom stereocenters. The molecule has 0 saturated carbocycles. The molecule has 0 spiro atoms. The number of hydrogen-bond donors (Lipinski definition) is 1. The Morgan fingerprint density at radius 3 is 2.76 bits per heavy atom. The second-order valence-electron chi connectivity index (χ2n) is 4.82. The Balaban J connectivity index is 2.22. The summed E-state index contributed by atoms with van der Waals surface area (Å²) >= 11 is 0. The fraction of sp³-hybridized carbons (Fsp3) is 0.412. The largest absolute Gasteiger partial charge is 0.491 e. The highest BCUT2D eigenvalue weighted by molar-refractivity contribution is 5.40. The van der Waals surface area contributed by atoms with E-state index >= 15 is 0 Å². The summed E-state index contributed by atoms with van der Waals surface area (Å²) in [6, 6.07) is 10.1. The van der Waals surface area contributed by atoms with E-state index in [1.54, 1.807) is 19.6 Å². The molecule has 1 heterocycles. The van der Waals surface area contributed by atoms with Gasteiger partial charge in [-0.1, -0.05) is 25.1 Å². The Morgan fingerprint density at radius 1 is 1.19 bits per heavy atom. The van der Waals surface area contributed by atoms with Crippen molar-refractivity contribution in [2.24, 2.45) is 0 Å². The van der Waals surface area contributed by atoms with Gasteiger partial charge in [-0.15, -0.1) is 0 Å². The quantitative estimate of drug-likeness (QED) is 0.719. The third kappa shape index (κ3) is 4.34. The van der Waals surface area contributed by atoms with Gasteiger partial charge < -0.3 is 19.2 Å². The van der Waals surface area contributed by atoms with E-state index in [9.17, 15) is 0 Å². The molecule has 0 radical (unpaired) electrons. The van der Waals surface area contributed by atoms with Crippen molar-refractivity contribution in [1.29, 1.82) is 0 Å². The van der Waals surface area contributed by atoms with Crippen molar-refractivity contribution in [3.63, 3.8) is 0 Å². The van der Waals surface area contributed by atoms with Gasteiger partial charge in [-0.3, -0.25) is 0 Å². The van der Waals surface area contributed by atoms with Crippen molar-refractivity contribution in [3.05, 3.63) is 54.0 Å². The normalized spacial score (nSPS) is 12.3. The molecule has 0 bridgehead atoms. The number of para-hydroxylation sites is 1. The Bertz CT molecular complexity index is 511. The number of benzene rings is 1. The van der Waals surface area contributed by atoms with Crippen LogP contribution in [0.1, 0.15) is 30.5 Å². The number of nitrogens with one attached hydrogen (secondary N) is 1. The van der Waals surface area contributed by atoms with Crippen LogP contribution in [-0.4, -0.2) is 26.9 Å². The van der Waals surface area contributed by atoms with Crippen LogP contribution in [0.5, 0.6) is 5.75 Å². The summed E-state index contributed by atoms with van der Waals surface area (Å²) in [5.74, 6) is 0.879. The zero-order valence-corrected chi connectivity index (χ0v) is 12.7. The molecule has 2 rings (SSSR count). The van der Waals surface area contributed by atoms with Gasteiger partial charge in [0.2, 0.25) is 0 Å². The molecular formula is C17H23NO3. The van der Waals surface area contributed by atoms with Gasteiger partial charge in [-0.25, -0.2) is 0 Å². The van der Waals surface area contributed by atoms with Crippen LogP contribution in [0.4, 0.5) is 0 Å². The predicted molar refractivity (Wildman–Crippen MR) is 82.7 cm³/mol. The predicted octanol–water partition coefficient (Wildman–Crippen LogP) is 3.39. The first-order valence-corrected chi connectivity index (χ1v) is 7.33.